The molecule has 2 atom stereocenters. The van der Waals surface area contributed by atoms with Crippen molar-refractivity contribution < 1.29 is 9.18 Å². The third-order valence-electron chi connectivity index (χ3n) is 4.65. The second-order valence-corrected chi connectivity index (χ2v) is 7.55. The van der Waals surface area contributed by atoms with Crippen LogP contribution in [0.4, 0.5) is 4.39 Å². The van der Waals surface area contributed by atoms with Gasteiger partial charge in [0.1, 0.15) is 11.9 Å². The fourth-order valence-electron chi connectivity index (χ4n) is 3.11. The van der Waals surface area contributed by atoms with Crippen LogP contribution in [0.3, 0.4) is 0 Å². The number of hydrogen-bond donors (Lipinski definition) is 1. The molecule has 1 aromatic rings. The highest BCUT2D eigenvalue weighted by molar-refractivity contribution is 6.31. The number of benzene rings is 1. The first-order valence-electron chi connectivity index (χ1n) is 7.80. The van der Waals surface area contributed by atoms with Crippen molar-refractivity contribution in [1.82, 2.24) is 9.80 Å². The van der Waals surface area contributed by atoms with Crippen molar-refractivity contribution in [1.29, 1.82) is 0 Å². The molecule has 0 aliphatic carbocycles. The molecule has 1 amide bonds. The van der Waals surface area contributed by atoms with Gasteiger partial charge in [-0.2, -0.15) is 0 Å². The first-order chi connectivity index (χ1) is 10.6. The highest BCUT2D eigenvalue weighted by atomic mass is 35.5. The van der Waals surface area contributed by atoms with Crippen LogP contribution in [0.5, 0.6) is 0 Å². The number of halogens is 4. The first-order valence-corrected chi connectivity index (χ1v) is 8.17. The zero-order chi connectivity index (χ0) is 17.4. The quantitative estimate of drug-likeness (QED) is 0.823. The molecule has 0 aromatic heterocycles. The van der Waals surface area contributed by atoms with Crippen LogP contribution in [0.15, 0.2) is 18.2 Å². The predicted octanol–water partition coefficient (Wildman–Crippen LogP) is 3.51. The highest BCUT2D eigenvalue weighted by Crippen LogP contribution is 2.33. The van der Waals surface area contributed by atoms with Gasteiger partial charge in [-0.1, -0.05) is 31.5 Å². The summed E-state index contributed by atoms with van der Waals surface area (Å²) in [6, 6.07) is 3.80. The summed E-state index contributed by atoms with van der Waals surface area (Å²) < 4.78 is 14.3. The van der Waals surface area contributed by atoms with Gasteiger partial charge in [0.25, 0.3) is 0 Å². The smallest absolute Gasteiger partial charge is 0.244 e. The predicted molar refractivity (Wildman–Crippen MR) is 105 cm³/mol. The maximum absolute atomic E-state index is 14.3. The zero-order valence-corrected chi connectivity index (χ0v) is 17.3. The second kappa shape index (κ2) is 9.38. The lowest BCUT2D eigenvalue weighted by molar-refractivity contribution is -0.140. The number of carbonyl (C=O) groups excluding carboxylic acids is 1. The van der Waals surface area contributed by atoms with Crippen LogP contribution < -0.4 is 5.73 Å². The van der Waals surface area contributed by atoms with Gasteiger partial charge in [0.2, 0.25) is 5.91 Å². The molecule has 0 saturated carbocycles. The fourth-order valence-corrected chi connectivity index (χ4v) is 3.38. The van der Waals surface area contributed by atoms with E-state index in [1.165, 1.54) is 6.07 Å². The molecule has 1 fully saturated rings. The molecule has 144 valence electrons. The van der Waals surface area contributed by atoms with Crippen molar-refractivity contribution in [3.05, 3.63) is 34.6 Å². The maximum atomic E-state index is 14.3. The minimum Gasteiger partial charge on any atom is -0.340 e. The lowest BCUT2D eigenvalue weighted by atomic mass is 9.79. The molecule has 2 N–H and O–H groups in total. The van der Waals surface area contributed by atoms with Crippen LogP contribution in [0.2, 0.25) is 5.02 Å². The summed E-state index contributed by atoms with van der Waals surface area (Å²) in [7, 11) is 3.51. The van der Waals surface area contributed by atoms with Crippen molar-refractivity contribution in [3.63, 3.8) is 0 Å². The molecule has 4 nitrogen and oxygen atoms in total. The van der Waals surface area contributed by atoms with Crippen molar-refractivity contribution >= 4 is 42.3 Å². The molecule has 25 heavy (non-hydrogen) atoms. The summed E-state index contributed by atoms with van der Waals surface area (Å²) in [4.78, 5) is 16.5. The van der Waals surface area contributed by atoms with E-state index in [1.807, 2.05) is 0 Å². The average Bonchev–Trinajstić information content (AvgIpc) is 2.44. The maximum Gasteiger partial charge on any atom is 0.244 e. The van der Waals surface area contributed by atoms with Gasteiger partial charge in [0.15, 0.2) is 0 Å². The molecular weight excluding hydrogens is 388 g/mol. The summed E-state index contributed by atoms with van der Waals surface area (Å²) in [5.74, 6) is -0.598. The molecule has 1 aliphatic rings. The minimum atomic E-state index is -0.742. The van der Waals surface area contributed by atoms with E-state index in [2.05, 4.69) is 13.8 Å². The number of likely N-dealkylation sites (tertiary alicyclic amines) is 1. The molecule has 1 aromatic carbocycles. The zero-order valence-electron chi connectivity index (χ0n) is 15.0. The number of carbonyl (C=O) groups is 1. The largest absolute Gasteiger partial charge is 0.340 e. The van der Waals surface area contributed by atoms with Crippen LogP contribution in [0.25, 0.3) is 0 Å². The summed E-state index contributed by atoms with van der Waals surface area (Å²) in [6.45, 7) is 5.25. The topological polar surface area (TPSA) is 49.6 Å². The molecule has 0 spiro atoms. The van der Waals surface area contributed by atoms with Gasteiger partial charge < -0.3 is 10.6 Å². The van der Waals surface area contributed by atoms with E-state index >= 15 is 0 Å². The molecule has 0 bridgehead atoms. The molecule has 1 aliphatic heterocycles. The van der Waals surface area contributed by atoms with Gasteiger partial charge in [0, 0.05) is 29.7 Å². The van der Waals surface area contributed by atoms with E-state index in [4.69, 9.17) is 17.3 Å². The van der Waals surface area contributed by atoms with Gasteiger partial charge in [-0.3, -0.25) is 9.69 Å². The Morgan fingerprint density at radius 2 is 2.00 bits per heavy atom. The van der Waals surface area contributed by atoms with E-state index in [9.17, 15) is 9.18 Å². The normalized spacial score (nSPS) is 20.5. The molecule has 1 heterocycles. The standard InChI is InChI=1S/C17H25ClFN3O.2ClH/c1-17(2)10-22(9-8-13(17)20)16(23)15(21(3)4)14-11(18)6-5-7-12(14)19;;/h5-7,13,15H,8-10,20H2,1-4H3;2*1H. The molecule has 2 unspecified atom stereocenters. The fraction of sp³-hybridized carbons (Fsp3) is 0.588. The summed E-state index contributed by atoms with van der Waals surface area (Å²) >= 11 is 6.17. The molecule has 2 rings (SSSR count). The van der Waals surface area contributed by atoms with E-state index in [0.29, 0.717) is 13.1 Å². The Labute approximate surface area is 166 Å². The van der Waals surface area contributed by atoms with Crippen molar-refractivity contribution in [3.8, 4) is 0 Å². The first kappa shape index (κ1) is 24.4. The van der Waals surface area contributed by atoms with Crippen LogP contribution in [-0.2, 0) is 4.79 Å². The van der Waals surface area contributed by atoms with Crippen LogP contribution in [0.1, 0.15) is 31.9 Å². The highest BCUT2D eigenvalue weighted by Gasteiger charge is 2.39. The number of piperidine rings is 1. The Kier molecular flexibility index (Phi) is 9.16. The number of amides is 1. The van der Waals surface area contributed by atoms with E-state index in [-0.39, 0.29) is 52.8 Å². The number of hydrogen-bond acceptors (Lipinski definition) is 3. The molecule has 8 heteroatoms. The summed E-state index contributed by atoms with van der Waals surface area (Å²) in [5, 5.41) is 0.269. The summed E-state index contributed by atoms with van der Waals surface area (Å²) in [6.07, 6.45) is 0.740. The van der Waals surface area contributed by atoms with Gasteiger partial charge >= 0.3 is 0 Å². The lowest BCUT2D eigenvalue weighted by Gasteiger charge is -2.44. The van der Waals surface area contributed by atoms with E-state index in [0.717, 1.165) is 6.42 Å². The van der Waals surface area contributed by atoms with Crippen LogP contribution in [0, 0.1) is 11.2 Å². The molecule has 1 saturated heterocycles. The van der Waals surface area contributed by atoms with E-state index in [1.54, 1.807) is 36.0 Å². The number of nitrogens with two attached hydrogens (primary N) is 1. The van der Waals surface area contributed by atoms with Gasteiger partial charge in [-0.05, 0) is 38.1 Å². The molecule has 0 radical (unpaired) electrons. The SMILES string of the molecule is CN(C)C(C(=O)N1CCC(N)C(C)(C)C1)c1c(F)cccc1Cl.Cl.Cl. The van der Waals surface area contributed by atoms with Crippen molar-refractivity contribution in [2.45, 2.75) is 32.4 Å². The van der Waals surface area contributed by atoms with Crippen molar-refractivity contribution in [2.75, 3.05) is 27.2 Å². The third kappa shape index (κ3) is 5.20. The van der Waals surface area contributed by atoms with Gasteiger partial charge in [0.05, 0.1) is 0 Å². The lowest BCUT2D eigenvalue weighted by Crippen LogP contribution is -2.55. The number of likely N-dealkylation sites (N-methyl/N-ethyl adjacent to an activating group) is 1. The summed E-state index contributed by atoms with van der Waals surface area (Å²) in [5.41, 5.74) is 6.21. The number of rotatable bonds is 3. The Hall–Kier alpha value is -0.590. The van der Waals surface area contributed by atoms with Gasteiger partial charge in [-0.15, -0.1) is 24.8 Å². The molecular formula is C17H27Cl3FN3O. The van der Waals surface area contributed by atoms with Crippen molar-refractivity contribution in [2.24, 2.45) is 11.1 Å². The second-order valence-electron chi connectivity index (χ2n) is 7.15. The van der Waals surface area contributed by atoms with Crippen LogP contribution >= 0.6 is 36.4 Å². The van der Waals surface area contributed by atoms with Gasteiger partial charge in [-0.25, -0.2) is 4.39 Å². The Balaban J connectivity index is 0.00000288. The number of nitrogens with zero attached hydrogens (tertiary/aromatic N) is 2. The Morgan fingerprint density at radius 1 is 1.40 bits per heavy atom. The minimum absolute atomic E-state index is 0. The Morgan fingerprint density at radius 3 is 2.48 bits per heavy atom. The average molecular weight is 415 g/mol. The third-order valence-corrected chi connectivity index (χ3v) is 4.98. The van der Waals surface area contributed by atoms with Crippen LogP contribution in [-0.4, -0.2) is 48.9 Å². The monoisotopic (exact) mass is 413 g/mol. The van der Waals surface area contributed by atoms with E-state index < -0.39 is 11.9 Å². The Bertz CT molecular complexity index is 578.